The van der Waals surface area contributed by atoms with Gasteiger partial charge in [-0.1, -0.05) is 11.6 Å². The molecule has 0 amide bonds. The highest BCUT2D eigenvalue weighted by Crippen LogP contribution is 2.43. The number of alkyl halides is 3. The molecule has 3 aromatic rings. The number of aliphatic carboxylic acids is 1. The number of sulfone groups is 1. The van der Waals surface area contributed by atoms with E-state index < -0.39 is 50.5 Å². The number of hydrogen-bond donors (Lipinski definition) is 2. The van der Waals surface area contributed by atoms with Crippen LogP contribution in [0.2, 0.25) is 5.02 Å². The molecule has 0 aliphatic carbocycles. The lowest BCUT2D eigenvalue weighted by Crippen LogP contribution is -2.12. The van der Waals surface area contributed by atoms with E-state index in [0.29, 0.717) is 6.07 Å². The molecule has 3 rings (SSSR count). The van der Waals surface area contributed by atoms with Gasteiger partial charge >= 0.3 is 12.1 Å². The van der Waals surface area contributed by atoms with Crippen molar-refractivity contribution < 1.29 is 46.1 Å². The van der Waals surface area contributed by atoms with Crippen LogP contribution in [0.25, 0.3) is 0 Å². The maximum Gasteiger partial charge on any atom is 0.420 e. The lowest BCUT2D eigenvalue weighted by atomic mass is 10.1. The zero-order valence-corrected chi connectivity index (χ0v) is 18.8. The second-order valence-electron chi connectivity index (χ2n) is 6.99. The largest absolute Gasteiger partial charge is 0.507 e. The summed E-state index contributed by atoms with van der Waals surface area (Å²) in [5.41, 5.74) is -1.31. The van der Waals surface area contributed by atoms with Gasteiger partial charge in [-0.25, -0.2) is 13.2 Å². The smallest absolute Gasteiger partial charge is 0.420 e. The highest BCUT2D eigenvalue weighted by atomic mass is 35.5. The van der Waals surface area contributed by atoms with Gasteiger partial charge in [0.15, 0.2) is 6.61 Å². The molecule has 0 aliphatic rings. The van der Waals surface area contributed by atoms with Gasteiger partial charge < -0.3 is 19.7 Å². The summed E-state index contributed by atoms with van der Waals surface area (Å²) in [6.07, 6.45) is -4.90. The topological polar surface area (TPSA) is 110 Å². The van der Waals surface area contributed by atoms with Gasteiger partial charge in [0.1, 0.15) is 33.5 Å². The fourth-order valence-corrected chi connectivity index (χ4v) is 4.44. The van der Waals surface area contributed by atoms with Crippen LogP contribution in [-0.4, -0.2) is 31.2 Å². The number of aryl methyl sites for hydroxylation is 1. The fourth-order valence-electron chi connectivity index (χ4n) is 2.95. The van der Waals surface area contributed by atoms with Crippen molar-refractivity contribution in [3.05, 3.63) is 70.7 Å². The minimum Gasteiger partial charge on any atom is -0.507 e. The molecule has 12 heteroatoms. The van der Waals surface area contributed by atoms with Gasteiger partial charge in [-0.3, -0.25) is 0 Å². The summed E-state index contributed by atoms with van der Waals surface area (Å²) in [6.45, 7) is 0.435. The van der Waals surface area contributed by atoms with Gasteiger partial charge in [-0.2, -0.15) is 13.2 Å². The average Bonchev–Trinajstić information content (AvgIpc) is 2.74. The molecule has 2 N–H and O–H groups in total. The van der Waals surface area contributed by atoms with Gasteiger partial charge in [0.2, 0.25) is 9.84 Å². The summed E-state index contributed by atoms with van der Waals surface area (Å²) in [6, 6.07) is 9.80. The molecular weight excluding hydrogens is 501 g/mol. The van der Waals surface area contributed by atoms with Gasteiger partial charge in [0.25, 0.3) is 0 Å². The van der Waals surface area contributed by atoms with E-state index in [0.717, 1.165) is 24.3 Å². The zero-order valence-electron chi connectivity index (χ0n) is 17.3. The maximum absolute atomic E-state index is 13.7. The first kappa shape index (κ1) is 25.2. The van der Waals surface area contributed by atoms with Crippen LogP contribution in [0.5, 0.6) is 23.0 Å². The van der Waals surface area contributed by atoms with Crippen molar-refractivity contribution in [3.8, 4) is 23.0 Å². The zero-order chi connectivity index (χ0) is 25.3. The molecule has 0 fully saturated rings. The van der Waals surface area contributed by atoms with Crippen LogP contribution in [0.15, 0.2) is 64.4 Å². The van der Waals surface area contributed by atoms with E-state index in [-0.39, 0.29) is 27.0 Å². The van der Waals surface area contributed by atoms with Gasteiger partial charge in [-0.05, 0) is 61.0 Å². The average molecular weight is 517 g/mol. The molecule has 3 aromatic carbocycles. The van der Waals surface area contributed by atoms with Crippen molar-refractivity contribution in [3.63, 3.8) is 0 Å². The van der Waals surface area contributed by atoms with E-state index >= 15 is 0 Å². The third kappa shape index (κ3) is 5.54. The molecule has 0 radical (unpaired) electrons. The number of rotatable bonds is 7. The van der Waals surface area contributed by atoms with Crippen LogP contribution >= 0.6 is 11.6 Å². The highest BCUT2D eigenvalue weighted by Gasteiger charge is 2.36. The molecule has 0 atom stereocenters. The standard InChI is InChI=1S/C22H16ClF3O7S/c1-12-8-15(32-11-20(28)29)9-17(22(24,25)26)21(12)33-14-4-7-18(27)19(10-14)34(30,31)16-5-2-13(23)3-6-16/h2-10,27H,11H2,1H3,(H,28,29). The van der Waals surface area contributed by atoms with Crippen molar-refractivity contribution in [1.29, 1.82) is 0 Å². The molecule has 0 saturated heterocycles. The van der Waals surface area contributed by atoms with E-state index in [1.807, 2.05) is 0 Å². The number of ether oxygens (including phenoxy) is 2. The third-order valence-electron chi connectivity index (χ3n) is 4.48. The molecule has 0 heterocycles. The molecule has 34 heavy (non-hydrogen) atoms. The van der Waals surface area contributed by atoms with E-state index in [2.05, 4.69) is 0 Å². The van der Waals surface area contributed by atoms with E-state index in [1.54, 1.807) is 0 Å². The fraction of sp³-hybridized carbons (Fsp3) is 0.136. The van der Waals surface area contributed by atoms with Crippen molar-refractivity contribution >= 4 is 27.4 Å². The van der Waals surface area contributed by atoms with Crippen molar-refractivity contribution in [2.45, 2.75) is 22.9 Å². The lowest BCUT2D eigenvalue weighted by Gasteiger charge is -2.18. The number of aromatic hydroxyl groups is 1. The molecule has 180 valence electrons. The monoisotopic (exact) mass is 516 g/mol. The van der Waals surface area contributed by atoms with Crippen LogP contribution in [-0.2, 0) is 20.8 Å². The number of carboxylic acid groups (broad SMARTS) is 1. The Balaban J connectivity index is 2.05. The van der Waals surface area contributed by atoms with Crippen LogP contribution < -0.4 is 9.47 Å². The Hall–Kier alpha value is -3.44. The molecule has 0 saturated carbocycles. The summed E-state index contributed by atoms with van der Waals surface area (Å²) in [5, 5.41) is 19.1. The maximum atomic E-state index is 13.7. The summed E-state index contributed by atoms with van der Waals surface area (Å²) in [5.74, 6) is -3.28. The van der Waals surface area contributed by atoms with E-state index in [1.165, 1.54) is 31.2 Å². The second kappa shape index (κ2) is 9.43. The molecule has 0 aromatic heterocycles. The summed E-state index contributed by atoms with van der Waals surface area (Å²) < 4.78 is 77.2. The van der Waals surface area contributed by atoms with Crippen LogP contribution in [0.4, 0.5) is 13.2 Å². The highest BCUT2D eigenvalue weighted by molar-refractivity contribution is 7.91. The molecule has 7 nitrogen and oxygen atoms in total. The molecule has 0 aliphatic heterocycles. The Kier molecular flexibility index (Phi) is 6.99. The van der Waals surface area contributed by atoms with Crippen LogP contribution in [0.1, 0.15) is 11.1 Å². The minimum atomic E-state index is -4.90. The molecule has 0 spiro atoms. The SMILES string of the molecule is Cc1cc(OCC(=O)O)cc(C(F)(F)F)c1Oc1ccc(O)c(S(=O)(=O)c2ccc(Cl)cc2)c1. The Morgan fingerprint density at radius 3 is 2.26 bits per heavy atom. The summed E-state index contributed by atoms with van der Waals surface area (Å²) in [4.78, 5) is 9.88. The Morgan fingerprint density at radius 2 is 1.68 bits per heavy atom. The quantitative estimate of drug-likeness (QED) is 0.429. The van der Waals surface area contributed by atoms with Crippen LogP contribution in [0.3, 0.4) is 0 Å². The molecular formula is C22H16ClF3O7S. The van der Waals surface area contributed by atoms with Crippen molar-refractivity contribution in [1.82, 2.24) is 0 Å². The molecule has 0 unspecified atom stereocenters. The summed E-state index contributed by atoms with van der Waals surface area (Å²) in [7, 11) is -4.26. The Morgan fingerprint density at radius 1 is 1.03 bits per heavy atom. The number of carboxylic acids is 1. The lowest BCUT2D eigenvalue weighted by molar-refractivity contribution is -0.139. The second-order valence-corrected chi connectivity index (χ2v) is 9.34. The van der Waals surface area contributed by atoms with Gasteiger partial charge in [0, 0.05) is 11.1 Å². The normalized spacial score (nSPS) is 11.8. The number of phenolic OH excluding ortho intramolecular Hbond substituents is 1. The van der Waals surface area contributed by atoms with Gasteiger partial charge in [-0.15, -0.1) is 0 Å². The van der Waals surface area contributed by atoms with E-state index in [4.69, 9.17) is 26.2 Å². The Labute approximate surface area is 196 Å². The van der Waals surface area contributed by atoms with Gasteiger partial charge in [0.05, 0.1) is 4.90 Å². The minimum absolute atomic E-state index is 0.0506. The van der Waals surface area contributed by atoms with Crippen LogP contribution in [0, 0.1) is 6.92 Å². The first-order valence-electron chi connectivity index (χ1n) is 9.37. The predicted molar refractivity (Wildman–Crippen MR) is 114 cm³/mol. The Bertz CT molecular complexity index is 1340. The van der Waals surface area contributed by atoms with Crippen molar-refractivity contribution in [2.75, 3.05) is 6.61 Å². The summed E-state index contributed by atoms with van der Waals surface area (Å²) >= 11 is 5.77. The van der Waals surface area contributed by atoms with E-state index in [9.17, 15) is 31.5 Å². The number of phenols is 1. The predicted octanol–water partition coefficient (Wildman–Crippen LogP) is 5.46. The number of halogens is 4. The first-order valence-corrected chi connectivity index (χ1v) is 11.2. The number of benzene rings is 3. The first-order chi connectivity index (χ1) is 15.8. The third-order valence-corrected chi connectivity index (χ3v) is 6.53. The molecule has 0 bridgehead atoms. The van der Waals surface area contributed by atoms with Crippen molar-refractivity contribution in [2.24, 2.45) is 0 Å². The number of carbonyl (C=O) groups is 1. The number of hydrogen-bond acceptors (Lipinski definition) is 6.